The molecule has 0 atom stereocenters. The van der Waals surface area contributed by atoms with Crippen molar-refractivity contribution in [2.24, 2.45) is 0 Å². The van der Waals surface area contributed by atoms with Gasteiger partial charge in [0.15, 0.2) is 0 Å². The van der Waals surface area contributed by atoms with Crippen molar-refractivity contribution < 1.29 is 9.90 Å². The predicted octanol–water partition coefficient (Wildman–Crippen LogP) is 4.34. The molecule has 0 unspecified atom stereocenters. The van der Waals surface area contributed by atoms with Gasteiger partial charge in [0, 0.05) is 6.42 Å². The van der Waals surface area contributed by atoms with Gasteiger partial charge in [0.2, 0.25) is 0 Å². The number of piperidine rings is 1. The number of nitrogens with one attached hydrogen (secondary N) is 1. The van der Waals surface area contributed by atoms with Gasteiger partial charge in [-0.15, -0.1) is 0 Å². The summed E-state index contributed by atoms with van der Waals surface area (Å²) in [7, 11) is 0. The van der Waals surface area contributed by atoms with Gasteiger partial charge in [-0.3, -0.25) is 4.79 Å². The van der Waals surface area contributed by atoms with Crippen LogP contribution in [0, 0.1) is 0 Å². The largest absolute Gasteiger partial charge is 0.481 e. The van der Waals surface area contributed by atoms with E-state index in [2.05, 4.69) is 41.7 Å². The smallest absolute Gasteiger partial charge is 0.303 e. The molecule has 3 heteroatoms. The molecule has 2 aromatic carbocycles. The zero-order chi connectivity index (χ0) is 17.5. The summed E-state index contributed by atoms with van der Waals surface area (Å²) in [5.74, 6) is -0.0606. The molecule has 2 N–H and O–H groups in total. The van der Waals surface area contributed by atoms with E-state index in [1.54, 1.807) is 0 Å². The number of hydrogen-bond acceptors (Lipinski definition) is 2. The Balaban J connectivity index is 1.58. The van der Waals surface area contributed by atoms with E-state index in [0.29, 0.717) is 12.3 Å². The molecule has 0 radical (unpaired) electrons. The maximum Gasteiger partial charge on any atom is 0.303 e. The van der Waals surface area contributed by atoms with Crippen LogP contribution < -0.4 is 5.32 Å². The second-order valence-electron chi connectivity index (χ2n) is 6.66. The monoisotopic (exact) mass is 335 g/mol. The average molecular weight is 335 g/mol. The highest BCUT2D eigenvalue weighted by Gasteiger charge is 2.14. The molecule has 1 aliphatic rings. The highest BCUT2D eigenvalue weighted by atomic mass is 16.4. The Hall–Kier alpha value is -2.39. The Bertz CT molecular complexity index is 711. The molecule has 2 aromatic rings. The van der Waals surface area contributed by atoms with Crippen LogP contribution in [0.4, 0.5) is 0 Å². The third-order valence-electron chi connectivity index (χ3n) is 4.82. The first-order valence-electron chi connectivity index (χ1n) is 9.00. The second-order valence-corrected chi connectivity index (χ2v) is 6.66. The molecule has 1 fully saturated rings. The predicted molar refractivity (Wildman–Crippen MR) is 103 cm³/mol. The molecule has 3 nitrogen and oxygen atoms in total. The third-order valence-corrected chi connectivity index (χ3v) is 4.82. The van der Waals surface area contributed by atoms with E-state index in [1.807, 2.05) is 24.3 Å². The zero-order valence-corrected chi connectivity index (χ0v) is 14.4. The van der Waals surface area contributed by atoms with Crippen molar-refractivity contribution in [3.8, 4) is 0 Å². The summed E-state index contributed by atoms with van der Waals surface area (Å²) in [6, 6.07) is 17.0. The van der Waals surface area contributed by atoms with Crippen molar-refractivity contribution in [1.29, 1.82) is 0 Å². The van der Waals surface area contributed by atoms with Crippen LogP contribution in [0.2, 0.25) is 0 Å². The molecule has 0 aromatic heterocycles. The van der Waals surface area contributed by atoms with Crippen LogP contribution in [-0.2, 0) is 11.2 Å². The van der Waals surface area contributed by atoms with Gasteiger partial charge in [-0.25, -0.2) is 0 Å². The SMILES string of the molecule is O=C(O)CCc1ccc(C=Cc2ccc(C3CCNCC3)cc2)cc1. The van der Waals surface area contributed by atoms with E-state index < -0.39 is 5.97 Å². The van der Waals surface area contributed by atoms with Crippen LogP contribution in [-0.4, -0.2) is 24.2 Å². The van der Waals surface area contributed by atoms with E-state index in [1.165, 1.54) is 24.0 Å². The van der Waals surface area contributed by atoms with Crippen molar-refractivity contribution >= 4 is 18.1 Å². The molecule has 1 heterocycles. The lowest BCUT2D eigenvalue weighted by atomic mass is 9.90. The molecular weight excluding hydrogens is 310 g/mol. The van der Waals surface area contributed by atoms with E-state index in [0.717, 1.165) is 24.2 Å². The third kappa shape index (κ3) is 5.30. The quantitative estimate of drug-likeness (QED) is 0.772. The molecule has 1 saturated heterocycles. The number of hydrogen-bond donors (Lipinski definition) is 2. The van der Waals surface area contributed by atoms with Crippen molar-refractivity contribution in [2.75, 3.05) is 13.1 Å². The van der Waals surface area contributed by atoms with E-state index in [9.17, 15) is 4.79 Å². The van der Waals surface area contributed by atoms with Crippen molar-refractivity contribution in [2.45, 2.75) is 31.6 Å². The number of carboxylic acid groups (broad SMARTS) is 1. The van der Waals surface area contributed by atoms with Crippen molar-refractivity contribution in [3.05, 3.63) is 70.8 Å². The van der Waals surface area contributed by atoms with Crippen LogP contribution in [0.3, 0.4) is 0 Å². The molecule has 0 saturated carbocycles. The maximum atomic E-state index is 10.6. The highest BCUT2D eigenvalue weighted by Crippen LogP contribution is 2.25. The maximum absolute atomic E-state index is 10.6. The molecule has 25 heavy (non-hydrogen) atoms. The summed E-state index contributed by atoms with van der Waals surface area (Å²) in [6.07, 6.45) is 7.43. The fourth-order valence-electron chi connectivity index (χ4n) is 3.27. The molecule has 0 aliphatic carbocycles. The molecule has 0 amide bonds. The molecule has 0 bridgehead atoms. The van der Waals surface area contributed by atoms with Gasteiger partial charge in [-0.05, 0) is 60.5 Å². The normalized spacial score (nSPS) is 15.5. The van der Waals surface area contributed by atoms with Crippen LogP contribution >= 0.6 is 0 Å². The Labute approximate surface area is 149 Å². The van der Waals surface area contributed by atoms with Crippen LogP contribution in [0.5, 0.6) is 0 Å². The van der Waals surface area contributed by atoms with Gasteiger partial charge >= 0.3 is 5.97 Å². The van der Waals surface area contributed by atoms with E-state index in [-0.39, 0.29) is 6.42 Å². The second kappa shape index (κ2) is 8.63. The summed E-state index contributed by atoms with van der Waals surface area (Å²) in [5.41, 5.74) is 4.83. The minimum absolute atomic E-state index is 0.179. The average Bonchev–Trinajstić information content (AvgIpc) is 2.66. The lowest BCUT2D eigenvalue weighted by Crippen LogP contribution is -2.26. The number of carboxylic acids is 1. The summed E-state index contributed by atoms with van der Waals surface area (Å²) >= 11 is 0. The lowest BCUT2D eigenvalue weighted by Gasteiger charge is -2.22. The van der Waals surface area contributed by atoms with Gasteiger partial charge in [0.25, 0.3) is 0 Å². The molecule has 130 valence electrons. The summed E-state index contributed by atoms with van der Waals surface area (Å²) in [4.78, 5) is 10.6. The van der Waals surface area contributed by atoms with Crippen LogP contribution in [0.25, 0.3) is 12.2 Å². The van der Waals surface area contributed by atoms with E-state index in [4.69, 9.17) is 5.11 Å². The number of rotatable bonds is 6. The van der Waals surface area contributed by atoms with Gasteiger partial charge in [0.1, 0.15) is 0 Å². The number of benzene rings is 2. The van der Waals surface area contributed by atoms with Gasteiger partial charge in [-0.1, -0.05) is 60.7 Å². The Morgan fingerprint density at radius 1 is 0.960 bits per heavy atom. The Kier molecular flexibility index (Phi) is 6.02. The van der Waals surface area contributed by atoms with Crippen LogP contribution in [0.1, 0.15) is 47.4 Å². The number of carbonyl (C=O) groups is 1. The lowest BCUT2D eigenvalue weighted by molar-refractivity contribution is -0.136. The van der Waals surface area contributed by atoms with E-state index >= 15 is 0 Å². The molecular formula is C22H25NO2. The highest BCUT2D eigenvalue weighted by molar-refractivity contribution is 5.70. The Morgan fingerprint density at radius 2 is 1.52 bits per heavy atom. The van der Waals surface area contributed by atoms with Crippen molar-refractivity contribution in [1.82, 2.24) is 5.32 Å². The number of aliphatic carboxylic acids is 1. The summed E-state index contributed by atoms with van der Waals surface area (Å²) in [6.45, 7) is 2.24. The molecule has 0 spiro atoms. The summed E-state index contributed by atoms with van der Waals surface area (Å²) < 4.78 is 0. The molecule has 1 aliphatic heterocycles. The van der Waals surface area contributed by atoms with Gasteiger partial charge in [-0.2, -0.15) is 0 Å². The summed E-state index contributed by atoms with van der Waals surface area (Å²) in [5, 5.41) is 12.1. The first-order chi connectivity index (χ1) is 12.2. The zero-order valence-electron chi connectivity index (χ0n) is 14.4. The standard InChI is InChI=1S/C22H25NO2/c24-22(25)12-9-18-4-1-17(2-5-18)3-6-19-7-10-20(11-8-19)21-13-15-23-16-14-21/h1-8,10-11,21,23H,9,12-16H2,(H,24,25). The molecule has 3 rings (SSSR count). The first-order valence-corrected chi connectivity index (χ1v) is 9.00. The fourth-order valence-corrected chi connectivity index (χ4v) is 3.27. The topological polar surface area (TPSA) is 49.3 Å². The minimum Gasteiger partial charge on any atom is -0.481 e. The van der Waals surface area contributed by atoms with Gasteiger partial charge in [0.05, 0.1) is 0 Å². The Morgan fingerprint density at radius 3 is 2.08 bits per heavy atom. The van der Waals surface area contributed by atoms with Gasteiger partial charge < -0.3 is 10.4 Å². The minimum atomic E-state index is -0.753. The fraction of sp³-hybridized carbons (Fsp3) is 0.318. The first kappa shape index (κ1) is 17.4. The van der Waals surface area contributed by atoms with Crippen molar-refractivity contribution in [3.63, 3.8) is 0 Å². The number of aryl methyl sites for hydroxylation is 1. The van der Waals surface area contributed by atoms with Crippen LogP contribution in [0.15, 0.2) is 48.5 Å².